The van der Waals surface area contributed by atoms with E-state index >= 15 is 0 Å². The highest BCUT2D eigenvalue weighted by molar-refractivity contribution is 6.09. The molecule has 3 aromatic rings. The number of imidazole rings is 1. The van der Waals surface area contributed by atoms with Gasteiger partial charge < -0.3 is 24.7 Å². The molecule has 3 N–H and O–H groups in total. The van der Waals surface area contributed by atoms with Crippen LogP contribution in [-0.4, -0.2) is 54.0 Å². The van der Waals surface area contributed by atoms with Gasteiger partial charge in [-0.05, 0) is 31.7 Å². The van der Waals surface area contributed by atoms with E-state index in [-0.39, 0.29) is 11.7 Å². The predicted octanol–water partition coefficient (Wildman–Crippen LogP) is 3.91. The second-order valence-electron chi connectivity index (χ2n) is 9.18. The van der Waals surface area contributed by atoms with Crippen LogP contribution in [0.3, 0.4) is 0 Å². The molecule has 9 nitrogen and oxygen atoms in total. The molecule has 36 heavy (non-hydrogen) atoms. The first kappa shape index (κ1) is 25.2. The molecule has 0 atom stereocenters. The smallest absolute Gasteiger partial charge is 0.328 e. The summed E-state index contributed by atoms with van der Waals surface area (Å²) in [4.78, 5) is 41.7. The number of fused-ring (bicyclic) bond motifs is 3. The van der Waals surface area contributed by atoms with E-state index in [2.05, 4.69) is 14.5 Å². The number of H-pyrrole nitrogens is 1. The summed E-state index contributed by atoms with van der Waals surface area (Å²) >= 11 is 0. The van der Waals surface area contributed by atoms with E-state index in [9.17, 15) is 18.8 Å². The van der Waals surface area contributed by atoms with Gasteiger partial charge in [0.05, 0.1) is 29.6 Å². The molecule has 0 spiro atoms. The third kappa shape index (κ3) is 5.32. The van der Waals surface area contributed by atoms with Crippen molar-refractivity contribution in [3.8, 4) is 0 Å². The van der Waals surface area contributed by atoms with Crippen LogP contribution in [0.2, 0.25) is 0 Å². The number of carboxylic acids is 2. The number of amides is 1. The first-order chi connectivity index (χ1) is 17.3. The van der Waals surface area contributed by atoms with Crippen molar-refractivity contribution in [2.24, 2.45) is 5.92 Å². The molecule has 0 bridgehead atoms. The van der Waals surface area contributed by atoms with E-state index in [1.54, 1.807) is 12.4 Å². The number of nitrogens with one attached hydrogen (secondary N) is 1. The van der Waals surface area contributed by atoms with Crippen molar-refractivity contribution in [2.75, 3.05) is 6.54 Å². The molecule has 10 heteroatoms. The number of hydrogen-bond acceptors (Lipinski definition) is 4. The Kier molecular flexibility index (Phi) is 7.52. The molecular weight excluding hydrogens is 467 g/mol. The fraction of sp³-hybridized carbons (Fsp3) is 0.385. The molecule has 0 saturated heterocycles. The largest absolute Gasteiger partial charge is 0.478 e. The maximum Gasteiger partial charge on any atom is 0.328 e. The summed E-state index contributed by atoms with van der Waals surface area (Å²) in [5.41, 5.74) is 4.16. The Balaban J connectivity index is 0.000000331. The lowest BCUT2D eigenvalue weighted by Gasteiger charge is -2.28. The molecule has 190 valence electrons. The fourth-order valence-electron chi connectivity index (χ4n) is 5.09. The van der Waals surface area contributed by atoms with E-state index in [1.165, 1.54) is 31.7 Å². The van der Waals surface area contributed by atoms with Crippen molar-refractivity contribution >= 4 is 28.7 Å². The zero-order valence-electron chi connectivity index (χ0n) is 20.0. The molecule has 0 radical (unpaired) electrons. The number of carboxylic acid groups (broad SMARTS) is 2. The van der Waals surface area contributed by atoms with Crippen LogP contribution in [0.5, 0.6) is 0 Å². The predicted molar refractivity (Wildman–Crippen MR) is 130 cm³/mol. The quantitative estimate of drug-likeness (QED) is 0.444. The summed E-state index contributed by atoms with van der Waals surface area (Å²) in [6, 6.07) is 5.11. The molecule has 1 amide bonds. The monoisotopic (exact) mass is 496 g/mol. The molecular formula is C26H29FN4O5. The van der Waals surface area contributed by atoms with Crippen molar-refractivity contribution in [1.29, 1.82) is 0 Å². The average molecular weight is 497 g/mol. The second kappa shape index (κ2) is 10.8. The lowest BCUT2D eigenvalue weighted by Crippen LogP contribution is -2.37. The van der Waals surface area contributed by atoms with E-state index in [4.69, 9.17) is 10.2 Å². The molecule has 2 aliphatic rings. The van der Waals surface area contributed by atoms with Crippen molar-refractivity contribution in [3.05, 3.63) is 65.1 Å². The second-order valence-corrected chi connectivity index (χ2v) is 9.18. The van der Waals surface area contributed by atoms with Crippen LogP contribution in [0.25, 0.3) is 10.9 Å². The maximum absolute atomic E-state index is 14.8. The van der Waals surface area contributed by atoms with Crippen molar-refractivity contribution in [3.63, 3.8) is 0 Å². The van der Waals surface area contributed by atoms with E-state index in [0.717, 1.165) is 35.4 Å². The van der Waals surface area contributed by atoms with E-state index in [1.807, 2.05) is 17.9 Å². The zero-order valence-corrected chi connectivity index (χ0v) is 20.0. The lowest BCUT2D eigenvalue weighted by atomic mass is 10.0. The van der Waals surface area contributed by atoms with Gasteiger partial charge in [-0.15, -0.1) is 0 Å². The van der Waals surface area contributed by atoms with Crippen molar-refractivity contribution in [1.82, 2.24) is 19.4 Å². The van der Waals surface area contributed by atoms with Crippen LogP contribution in [0.1, 0.15) is 53.1 Å². The van der Waals surface area contributed by atoms with Gasteiger partial charge in [0, 0.05) is 48.4 Å². The number of rotatable bonds is 6. The summed E-state index contributed by atoms with van der Waals surface area (Å²) in [6.07, 6.45) is 8.43. The van der Waals surface area contributed by atoms with Crippen molar-refractivity contribution in [2.45, 2.75) is 52.1 Å². The minimum Gasteiger partial charge on any atom is -0.478 e. The number of benzene rings is 1. The number of aromatic nitrogens is 3. The third-order valence-electron chi connectivity index (χ3n) is 6.82. The summed E-state index contributed by atoms with van der Waals surface area (Å²) in [6.45, 7) is 3.91. The standard InChI is InChI=1S/C22H25FN4O.C4H4O4/c1-14-18(25-13-24-14)12-26-10-9-19-20(22(26)28)16-7-4-8-17(23)21(16)27(19)11-15-5-2-3-6-15;5-3(6)1-2-4(7)8/h4,7-8,13,15H,2-3,5-6,9-12H2,1H3,(H,24,25);1-2H,(H,5,6)(H,7,8). The number of hydrogen-bond donors (Lipinski definition) is 3. The van der Waals surface area contributed by atoms with Gasteiger partial charge in [-0.3, -0.25) is 4.79 Å². The molecule has 3 heterocycles. The maximum atomic E-state index is 14.8. The molecule has 1 aliphatic carbocycles. The number of halogens is 1. The SMILES string of the molecule is Cc1[nH]cnc1CN1CCc2c(c3cccc(F)c3n2CC2CCCC2)C1=O.O=C(O)C=CC(=O)O. The molecule has 1 fully saturated rings. The Morgan fingerprint density at radius 2 is 1.89 bits per heavy atom. The lowest BCUT2D eigenvalue weighted by molar-refractivity contribution is -0.134. The van der Waals surface area contributed by atoms with Gasteiger partial charge in [0.2, 0.25) is 0 Å². The van der Waals surface area contributed by atoms with Crippen LogP contribution >= 0.6 is 0 Å². The number of aliphatic carboxylic acids is 2. The van der Waals surface area contributed by atoms with Gasteiger partial charge in [0.25, 0.3) is 5.91 Å². The highest BCUT2D eigenvalue weighted by Gasteiger charge is 2.33. The minimum absolute atomic E-state index is 0.00979. The van der Waals surface area contributed by atoms with Crippen LogP contribution < -0.4 is 0 Å². The average Bonchev–Trinajstić information content (AvgIpc) is 3.56. The van der Waals surface area contributed by atoms with Gasteiger partial charge in [-0.2, -0.15) is 0 Å². The Bertz CT molecular complexity index is 1300. The first-order valence-electron chi connectivity index (χ1n) is 12.0. The Morgan fingerprint density at radius 3 is 2.50 bits per heavy atom. The number of nitrogens with zero attached hydrogens (tertiary/aromatic N) is 3. The van der Waals surface area contributed by atoms with Gasteiger partial charge in [0.15, 0.2) is 0 Å². The molecule has 1 aliphatic heterocycles. The number of aryl methyl sites for hydroxylation is 1. The molecule has 5 rings (SSSR count). The number of carbonyl (C=O) groups is 3. The minimum atomic E-state index is -1.26. The van der Waals surface area contributed by atoms with Gasteiger partial charge in [-0.25, -0.2) is 19.0 Å². The van der Waals surface area contributed by atoms with Crippen LogP contribution in [0.4, 0.5) is 4.39 Å². The Morgan fingerprint density at radius 1 is 1.19 bits per heavy atom. The zero-order chi connectivity index (χ0) is 25.8. The van der Waals surface area contributed by atoms with Gasteiger partial charge >= 0.3 is 11.9 Å². The fourth-order valence-corrected chi connectivity index (χ4v) is 5.09. The van der Waals surface area contributed by atoms with Crippen molar-refractivity contribution < 1.29 is 29.0 Å². The summed E-state index contributed by atoms with van der Waals surface area (Å²) in [5, 5.41) is 16.4. The number of carbonyl (C=O) groups excluding carboxylic acids is 1. The van der Waals surface area contributed by atoms with Gasteiger partial charge in [-0.1, -0.05) is 25.0 Å². The first-order valence-corrected chi connectivity index (χ1v) is 12.0. The van der Waals surface area contributed by atoms with Gasteiger partial charge in [0.1, 0.15) is 5.82 Å². The van der Waals surface area contributed by atoms with Crippen LogP contribution in [0.15, 0.2) is 36.7 Å². The highest BCUT2D eigenvalue weighted by Crippen LogP contribution is 2.35. The van der Waals surface area contributed by atoms with Crippen LogP contribution in [0, 0.1) is 18.7 Å². The molecule has 2 aromatic heterocycles. The highest BCUT2D eigenvalue weighted by atomic mass is 19.1. The summed E-state index contributed by atoms with van der Waals surface area (Å²) < 4.78 is 16.9. The topological polar surface area (TPSA) is 129 Å². The Labute approximate surface area is 207 Å². The number of para-hydroxylation sites is 1. The number of aromatic amines is 1. The summed E-state index contributed by atoms with van der Waals surface area (Å²) in [5.74, 6) is -2.17. The van der Waals surface area contributed by atoms with E-state index < -0.39 is 11.9 Å². The normalized spacial score (nSPS) is 15.8. The van der Waals surface area contributed by atoms with Crippen LogP contribution in [-0.2, 0) is 29.1 Å². The molecule has 1 aromatic carbocycles. The third-order valence-corrected chi connectivity index (χ3v) is 6.82. The van der Waals surface area contributed by atoms with E-state index in [0.29, 0.717) is 42.2 Å². The summed E-state index contributed by atoms with van der Waals surface area (Å²) in [7, 11) is 0. The molecule has 0 unspecified atom stereocenters. The Hall–Kier alpha value is -3.95. The molecule has 1 saturated carbocycles.